The van der Waals surface area contributed by atoms with Crippen molar-refractivity contribution < 1.29 is 23.8 Å². The molecule has 0 fully saturated rings. The Morgan fingerprint density at radius 1 is 1.31 bits per heavy atom. The Labute approximate surface area is 160 Å². The minimum Gasteiger partial charge on any atom is -0.456 e. The largest absolute Gasteiger partial charge is 0.514 e. The van der Waals surface area contributed by atoms with Gasteiger partial charge in [-0.15, -0.1) is 0 Å². The van der Waals surface area contributed by atoms with E-state index in [4.69, 9.17) is 37.4 Å². The minimum absolute atomic E-state index is 0.00475. The first kappa shape index (κ1) is 18.5. The summed E-state index contributed by atoms with van der Waals surface area (Å²) in [7, 11) is 0. The van der Waals surface area contributed by atoms with E-state index in [-0.39, 0.29) is 29.2 Å². The topological polar surface area (TPSA) is 74.7 Å². The van der Waals surface area contributed by atoms with Crippen molar-refractivity contribution in [2.24, 2.45) is 0 Å². The monoisotopic (exact) mass is 395 g/mol. The van der Waals surface area contributed by atoms with Gasteiger partial charge in [0.1, 0.15) is 6.61 Å². The molecule has 1 aliphatic rings. The number of aromatic nitrogens is 1. The zero-order chi connectivity index (χ0) is 19.0. The van der Waals surface area contributed by atoms with Crippen LogP contribution in [0.15, 0.2) is 18.2 Å². The van der Waals surface area contributed by atoms with Gasteiger partial charge >= 0.3 is 12.1 Å². The average Bonchev–Trinajstić information content (AvgIpc) is 2.91. The molecule has 0 amide bonds. The predicted molar refractivity (Wildman–Crippen MR) is 95.8 cm³/mol. The highest BCUT2D eigenvalue weighted by Crippen LogP contribution is 2.44. The van der Waals surface area contributed by atoms with Crippen LogP contribution >= 0.6 is 23.2 Å². The number of halogens is 2. The molecule has 0 spiro atoms. The third-order valence-electron chi connectivity index (χ3n) is 3.70. The Balaban J connectivity index is 2.23. The van der Waals surface area contributed by atoms with Crippen molar-refractivity contribution in [2.45, 2.75) is 33.5 Å². The smallest absolute Gasteiger partial charge is 0.456 e. The first-order chi connectivity index (χ1) is 12.3. The number of hydrogen-bond donors (Lipinski definition) is 0. The minimum atomic E-state index is -0.880. The third-order valence-corrected chi connectivity index (χ3v) is 4.52. The van der Waals surface area contributed by atoms with Gasteiger partial charge in [-0.05, 0) is 26.8 Å². The number of hydrogen-bond acceptors (Lipinski definition) is 6. The van der Waals surface area contributed by atoms with Crippen LogP contribution in [0.5, 0.6) is 5.75 Å². The van der Waals surface area contributed by atoms with Crippen molar-refractivity contribution in [3.63, 3.8) is 0 Å². The summed E-state index contributed by atoms with van der Waals surface area (Å²) in [4.78, 5) is 28.2. The highest BCUT2D eigenvalue weighted by atomic mass is 35.5. The van der Waals surface area contributed by atoms with E-state index in [1.165, 1.54) is 0 Å². The molecule has 0 unspecified atom stereocenters. The van der Waals surface area contributed by atoms with E-state index in [9.17, 15) is 9.59 Å². The van der Waals surface area contributed by atoms with Crippen molar-refractivity contribution in [3.05, 3.63) is 45.2 Å². The van der Waals surface area contributed by atoms with Crippen LogP contribution in [0.3, 0.4) is 0 Å². The van der Waals surface area contributed by atoms with Crippen molar-refractivity contribution in [1.82, 2.24) is 4.98 Å². The van der Waals surface area contributed by atoms with Crippen molar-refractivity contribution >= 4 is 35.3 Å². The summed E-state index contributed by atoms with van der Waals surface area (Å²) in [5.41, 5.74) is 1.92. The van der Waals surface area contributed by atoms with Gasteiger partial charge < -0.3 is 14.2 Å². The maximum Gasteiger partial charge on any atom is 0.514 e. The second kappa shape index (κ2) is 7.13. The second-order valence-electron chi connectivity index (χ2n) is 5.92. The number of aryl methyl sites for hydroxylation is 1. The molecule has 0 bridgehead atoms. The molecule has 1 aromatic carbocycles. The van der Waals surface area contributed by atoms with Crippen LogP contribution in [0.25, 0.3) is 11.1 Å². The van der Waals surface area contributed by atoms with Gasteiger partial charge in [0.25, 0.3) is 0 Å². The first-order valence-electron chi connectivity index (χ1n) is 7.83. The van der Waals surface area contributed by atoms with E-state index >= 15 is 0 Å². The summed E-state index contributed by atoms with van der Waals surface area (Å²) in [5.74, 6) is -0.393. The van der Waals surface area contributed by atoms with Crippen molar-refractivity contribution in [3.8, 4) is 16.9 Å². The van der Waals surface area contributed by atoms with E-state index in [0.717, 1.165) is 0 Å². The second-order valence-corrected chi connectivity index (χ2v) is 6.71. The van der Waals surface area contributed by atoms with Crippen LogP contribution in [0.1, 0.15) is 35.6 Å². The lowest BCUT2D eigenvalue weighted by Crippen LogP contribution is -2.17. The molecule has 0 saturated heterocycles. The van der Waals surface area contributed by atoms with E-state index in [1.54, 1.807) is 39.0 Å². The number of ether oxygens (including phenoxy) is 3. The summed E-state index contributed by atoms with van der Waals surface area (Å²) in [6.07, 6.45) is -1.23. The third kappa shape index (κ3) is 3.34. The highest BCUT2D eigenvalue weighted by molar-refractivity contribution is 6.43. The summed E-state index contributed by atoms with van der Waals surface area (Å²) in [5, 5.41) is 0.594. The molecular formula is C18H15Cl2NO5. The lowest BCUT2D eigenvalue weighted by molar-refractivity contribution is 0.0530. The first-order valence-corrected chi connectivity index (χ1v) is 8.58. The maximum atomic E-state index is 12.0. The average molecular weight is 396 g/mol. The fourth-order valence-electron chi connectivity index (χ4n) is 2.64. The molecule has 6 nitrogen and oxygen atoms in total. The molecule has 0 saturated carbocycles. The van der Waals surface area contributed by atoms with E-state index in [2.05, 4.69) is 4.98 Å². The van der Waals surface area contributed by atoms with Gasteiger partial charge in [0.2, 0.25) is 0 Å². The summed E-state index contributed by atoms with van der Waals surface area (Å²) >= 11 is 12.5. The van der Waals surface area contributed by atoms with Crippen molar-refractivity contribution in [1.29, 1.82) is 0 Å². The summed E-state index contributed by atoms with van der Waals surface area (Å²) < 4.78 is 15.5. The van der Waals surface area contributed by atoms with Crippen LogP contribution in [0.2, 0.25) is 10.0 Å². The lowest BCUT2D eigenvalue weighted by Gasteiger charge is -2.17. The number of fused-ring (bicyclic) bond motifs is 1. The van der Waals surface area contributed by atoms with Crippen LogP contribution in [0.4, 0.5) is 4.79 Å². The van der Waals surface area contributed by atoms with Crippen LogP contribution in [-0.4, -0.2) is 23.2 Å². The molecule has 0 atom stereocenters. The Morgan fingerprint density at radius 2 is 2.04 bits per heavy atom. The zero-order valence-corrected chi connectivity index (χ0v) is 15.8. The number of cyclic esters (lactones) is 1. The molecule has 2 aromatic rings. The molecule has 0 radical (unpaired) electrons. The number of benzene rings is 1. The molecular weight excluding hydrogens is 381 g/mol. The molecule has 26 heavy (non-hydrogen) atoms. The molecule has 8 heteroatoms. The number of pyridine rings is 1. The SMILES string of the molecule is Cc1nc2c(c(-c3cccc(Cl)c3Cl)c1OC(=O)OC(C)C)COC2=O. The molecule has 0 N–H and O–H groups in total. The van der Waals surface area contributed by atoms with Gasteiger partial charge in [0.15, 0.2) is 11.4 Å². The number of esters is 1. The van der Waals surface area contributed by atoms with Gasteiger partial charge in [0.05, 0.1) is 21.8 Å². The molecule has 1 aromatic heterocycles. The standard InChI is InChI=1S/C18H15Cl2NO5/c1-8(2)25-18(23)26-16-9(3)21-15-11(7-24-17(15)22)13(16)10-5-4-6-12(19)14(10)20/h4-6,8H,7H2,1-3H3. The van der Waals surface area contributed by atoms with Crippen LogP contribution in [0, 0.1) is 6.92 Å². The fourth-order valence-corrected chi connectivity index (χ4v) is 3.04. The number of carbonyl (C=O) groups excluding carboxylic acids is 2. The predicted octanol–water partition coefficient (Wildman–Crippen LogP) is 4.96. The maximum absolute atomic E-state index is 12.0. The number of carbonyl (C=O) groups is 2. The molecule has 1 aliphatic heterocycles. The van der Waals surface area contributed by atoms with Crippen LogP contribution < -0.4 is 4.74 Å². The Kier molecular flexibility index (Phi) is 5.07. The Bertz CT molecular complexity index is 911. The molecule has 2 heterocycles. The lowest BCUT2D eigenvalue weighted by atomic mass is 9.97. The van der Waals surface area contributed by atoms with Gasteiger partial charge in [-0.2, -0.15) is 0 Å². The van der Waals surface area contributed by atoms with Gasteiger partial charge in [-0.1, -0.05) is 35.3 Å². The highest BCUT2D eigenvalue weighted by Gasteiger charge is 2.32. The van der Waals surface area contributed by atoms with E-state index in [0.29, 0.717) is 27.4 Å². The van der Waals surface area contributed by atoms with Gasteiger partial charge in [-0.25, -0.2) is 14.6 Å². The van der Waals surface area contributed by atoms with E-state index in [1.807, 2.05) is 0 Å². The normalized spacial score (nSPS) is 12.8. The molecule has 3 rings (SSSR count). The molecule has 136 valence electrons. The van der Waals surface area contributed by atoms with Gasteiger partial charge in [-0.3, -0.25) is 0 Å². The Hall–Kier alpha value is -2.31. The van der Waals surface area contributed by atoms with Gasteiger partial charge in [0, 0.05) is 16.7 Å². The molecule has 0 aliphatic carbocycles. The number of nitrogens with zero attached hydrogens (tertiary/aromatic N) is 1. The zero-order valence-electron chi connectivity index (χ0n) is 14.3. The number of rotatable bonds is 3. The van der Waals surface area contributed by atoms with Crippen LogP contribution in [-0.2, 0) is 16.1 Å². The van der Waals surface area contributed by atoms with E-state index < -0.39 is 12.1 Å². The fraction of sp³-hybridized carbons (Fsp3) is 0.278. The quantitative estimate of drug-likeness (QED) is 0.683. The Morgan fingerprint density at radius 3 is 2.73 bits per heavy atom. The summed E-state index contributed by atoms with van der Waals surface area (Å²) in [6.45, 7) is 5.02. The summed E-state index contributed by atoms with van der Waals surface area (Å²) in [6, 6.07) is 5.06. The van der Waals surface area contributed by atoms with Crippen molar-refractivity contribution in [2.75, 3.05) is 0 Å².